The molecule has 0 rings (SSSR count). The second kappa shape index (κ2) is 10.1. The minimum atomic E-state index is -0.916. The van der Waals surface area contributed by atoms with Gasteiger partial charge in [-0.3, -0.25) is 19.9 Å². The minimum absolute atomic E-state index is 0.00825. The van der Waals surface area contributed by atoms with Gasteiger partial charge in [-0.15, -0.1) is 5.59 Å². The molecule has 0 fully saturated rings. The monoisotopic (exact) mass is 287 g/mol. The molecular formula is C12H21N3O5. The lowest BCUT2D eigenvalue weighted by Gasteiger charge is -2.32. The van der Waals surface area contributed by atoms with Gasteiger partial charge in [0, 0.05) is 14.2 Å². The van der Waals surface area contributed by atoms with Crippen molar-refractivity contribution in [3.05, 3.63) is 25.3 Å². The van der Waals surface area contributed by atoms with E-state index >= 15 is 0 Å². The van der Waals surface area contributed by atoms with Crippen molar-refractivity contribution in [3.63, 3.8) is 0 Å². The number of rotatable bonds is 11. The van der Waals surface area contributed by atoms with Crippen LogP contribution in [0.3, 0.4) is 0 Å². The summed E-state index contributed by atoms with van der Waals surface area (Å²) in [6.45, 7) is 6.95. The van der Waals surface area contributed by atoms with Crippen LogP contribution in [0, 0.1) is 0 Å². The Morgan fingerprint density at radius 3 is 2.05 bits per heavy atom. The number of carbonyl (C=O) groups excluding carboxylic acids is 2. The van der Waals surface area contributed by atoms with Gasteiger partial charge in [0.1, 0.15) is 5.54 Å². The Kier molecular flexibility index (Phi) is 9.22. The molecule has 0 radical (unpaired) electrons. The Morgan fingerprint density at radius 2 is 1.60 bits per heavy atom. The van der Waals surface area contributed by atoms with Gasteiger partial charge in [0.05, 0.1) is 19.8 Å². The van der Waals surface area contributed by atoms with Gasteiger partial charge in [-0.2, -0.15) is 0 Å². The maximum Gasteiger partial charge on any atom is 0.259 e. The fourth-order valence-electron chi connectivity index (χ4n) is 1.41. The summed E-state index contributed by atoms with van der Waals surface area (Å²) in [4.78, 5) is 27.5. The molecule has 0 saturated heterocycles. The minimum Gasteiger partial charge on any atom is -0.382 e. The van der Waals surface area contributed by atoms with Crippen molar-refractivity contribution in [3.8, 4) is 0 Å². The van der Waals surface area contributed by atoms with Crippen molar-refractivity contribution in [2.75, 3.05) is 34.0 Å². The van der Waals surface area contributed by atoms with Crippen LogP contribution in [0.4, 0.5) is 0 Å². The molecule has 2 amide bonds. The van der Waals surface area contributed by atoms with Crippen molar-refractivity contribution in [2.24, 2.45) is 0 Å². The van der Waals surface area contributed by atoms with Gasteiger partial charge in [0.2, 0.25) is 5.91 Å². The number of amides is 2. The van der Waals surface area contributed by atoms with Crippen molar-refractivity contribution >= 4 is 11.8 Å². The van der Waals surface area contributed by atoms with Gasteiger partial charge in [0.25, 0.3) is 5.91 Å². The van der Waals surface area contributed by atoms with E-state index in [0.29, 0.717) is 0 Å². The largest absolute Gasteiger partial charge is 0.382 e. The van der Waals surface area contributed by atoms with Gasteiger partial charge >= 0.3 is 0 Å². The molecule has 0 spiro atoms. The second-order valence-electron chi connectivity index (χ2n) is 3.92. The molecule has 0 aromatic heterocycles. The third-order valence-electron chi connectivity index (χ3n) is 2.20. The Morgan fingerprint density at radius 1 is 1.05 bits per heavy atom. The van der Waals surface area contributed by atoms with Gasteiger partial charge < -0.3 is 14.8 Å². The first-order valence-electron chi connectivity index (χ1n) is 5.75. The number of carbonyl (C=O) groups is 2. The highest BCUT2D eigenvalue weighted by Crippen LogP contribution is 2.07. The molecule has 8 nitrogen and oxygen atoms in total. The topological polar surface area (TPSA) is 97.9 Å². The van der Waals surface area contributed by atoms with E-state index in [9.17, 15) is 9.59 Å². The predicted octanol–water partition coefficient (Wildman–Crippen LogP) is -0.941. The van der Waals surface area contributed by atoms with E-state index < -0.39 is 17.4 Å². The van der Waals surface area contributed by atoms with Crippen LogP contribution in [0.5, 0.6) is 0 Å². The van der Waals surface area contributed by atoms with E-state index in [1.807, 2.05) is 0 Å². The molecule has 0 unspecified atom stereocenters. The average Bonchev–Trinajstić information content (AvgIpc) is 2.43. The van der Waals surface area contributed by atoms with E-state index in [4.69, 9.17) is 14.3 Å². The number of ether oxygens (including phenoxy) is 2. The zero-order valence-electron chi connectivity index (χ0n) is 11.7. The standard InChI is InChI=1S/C12H21N3O5/c1-5-10(16)13-12(7-18-3,8-19-4)9-20-15-14-11(17)6-2/h5-6,15H,1-2,7-9H2,3-4H3,(H,13,16)(H,14,17). The number of methoxy groups -OCH3 is 2. The number of hydrazine groups is 1. The molecule has 0 aromatic rings. The summed E-state index contributed by atoms with van der Waals surface area (Å²) in [6, 6.07) is 0. The van der Waals surface area contributed by atoms with E-state index in [1.54, 1.807) is 0 Å². The van der Waals surface area contributed by atoms with Crippen LogP contribution in [0.25, 0.3) is 0 Å². The molecule has 0 aliphatic carbocycles. The summed E-state index contributed by atoms with van der Waals surface area (Å²) >= 11 is 0. The highest BCUT2D eigenvalue weighted by atomic mass is 16.7. The highest BCUT2D eigenvalue weighted by Gasteiger charge is 2.32. The summed E-state index contributed by atoms with van der Waals surface area (Å²) in [6.07, 6.45) is 2.21. The van der Waals surface area contributed by atoms with Crippen molar-refractivity contribution in [1.82, 2.24) is 16.3 Å². The summed E-state index contributed by atoms with van der Waals surface area (Å²) in [5, 5.41) is 2.68. The van der Waals surface area contributed by atoms with E-state index in [1.165, 1.54) is 14.2 Å². The molecule has 0 atom stereocenters. The van der Waals surface area contributed by atoms with Crippen LogP contribution >= 0.6 is 0 Å². The number of hydrogen-bond donors (Lipinski definition) is 3. The van der Waals surface area contributed by atoms with Crippen molar-refractivity contribution in [1.29, 1.82) is 0 Å². The molecule has 0 aromatic carbocycles. The summed E-state index contributed by atoms with van der Waals surface area (Å²) < 4.78 is 10.1. The third kappa shape index (κ3) is 7.00. The second-order valence-corrected chi connectivity index (χ2v) is 3.92. The smallest absolute Gasteiger partial charge is 0.259 e. The lowest BCUT2D eigenvalue weighted by Crippen LogP contribution is -2.59. The molecule has 114 valence electrons. The molecule has 0 saturated carbocycles. The first-order chi connectivity index (χ1) is 9.53. The molecule has 0 aliphatic rings. The fourth-order valence-corrected chi connectivity index (χ4v) is 1.41. The first-order valence-corrected chi connectivity index (χ1v) is 5.75. The maximum absolute atomic E-state index is 11.5. The van der Waals surface area contributed by atoms with Crippen molar-refractivity contribution in [2.45, 2.75) is 5.54 Å². The van der Waals surface area contributed by atoms with Crippen LogP contribution in [0.15, 0.2) is 25.3 Å². The van der Waals surface area contributed by atoms with Crippen LogP contribution in [0.2, 0.25) is 0 Å². The zero-order chi connectivity index (χ0) is 15.4. The Hall–Kier alpha value is -1.74. The normalized spacial score (nSPS) is 10.7. The lowest BCUT2D eigenvalue weighted by molar-refractivity contribution is -0.129. The first kappa shape index (κ1) is 18.3. The molecule has 0 heterocycles. The highest BCUT2D eigenvalue weighted by molar-refractivity contribution is 5.87. The SMILES string of the molecule is C=CC(=O)NNOCC(COC)(COC)NC(=O)C=C. The summed E-state index contributed by atoms with van der Waals surface area (Å²) in [5.74, 6) is -0.845. The molecule has 0 bridgehead atoms. The molecule has 3 N–H and O–H groups in total. The van der Waals surface area contributed by atoms with E-state index in [-0.39, 0.29) is 19.8 Å². The predicted molar refractivity (Wildman–Crippen MR) is 72.3 cm³/mol. The number of hydrogen-bond acceptors (Lipinski definition) is 6. The van der Waals surface area contributed by atoms with E-state index in [2.05, 4.69) is 29.5 Å². The average molecular weight is 287 g/mol. The molecule has 20 heavy (non-hydrogen) atoms. The van der Waals surface area contributed by atoms with Crippen LogP contribution in [-0.2, 0) is 23.9 Å². The van der Waals surface area contributed by atoms with Crippen LogP contribution < -0.4 is 16.3 Å². The zero-order valence-corrected chi connectivity index (χ0v) is 11.7. The molecule has 8 heteroatoms. The summed E-state index contributed by atoms with van der Waals surface area (Å²) in [5.41, 5.74) is 3.54. The number of nitrogens with one attached hydrogen (secondary N) is 3. The van der Waals surface area contributed by atoms with Gasteiger partial charge in [-0.05, 0) is 12.2 Å². The summed E-state index contributed by atoms with van der Waals surface area (Å²) in [7, 11) is 2.97. The van der Waals surface area contributed by atoms with Crippen LogP contribution in [-0.4, -0.2) is 51.4 Å². The Labute approximate surface area is 118 Å². The van der Waals surface area contributed by atoms with Gasteiger partial charge in [0.15, 0.2) is 0 Å². The van der Waals surface area contributed by atoms with Gasteiger partial charge in [-0.25, -0.2) is 0 Å². The van der Waals surface area contributed by atoms with Crippen LogP contribution in [0.1, 0.15) is 0 Å². The molecule has 0 aliphatic heterocycles. The van der Waals surface area contributed by atoms with Gasteiger partial charge in [-0.1, -0.05) is 13.2 Å². The Balaban J connectivity index is 4.55. The van der Waals surface area contributed by atoms with E-state index in [0.717, 1.165) is 12.2 Å². The quantitative estimate of drug-likeness (QED) is 0.258. The van der Waals surface area contributed by atoms with Crippen molar-refractivity contribution < 1.29 is 23.9 Å². The lowest BCUT2D eigenvalue weighted by atomic mass is 10.0. The fraction of sp³-hybridized carbons (Fsp3) is 0.500. The third-order valence-corrected chi connectivity index (χ3v) is 2.20. The Bertz CT molecular complexity index is 340. The molecular weight excluding hydrogens is 266 g/mol. The maximum atomic E-state index is 11.5.